The van der Waals surface area contributed by atoms with Crippen LogP contribution in [0, 0.1) is 0 Å². The molecule has 0 heterocycles. The molecule has 0 amide bonds. The average Bonchev–Trinajstić information content (AvgIpc) is 3.47. The van der Waals surface area contributed by atoms with Gasteiger partial charge in [0.1, 0.15) is 13.2 Å². The highest BCUT2D eigenvalue weighted by atomic mass is 16.6. The van der Waals surface area contributed by atoms with Gasteiger partial charge in [-0.2, -0.15) is 0 Å². The maximum absolute atomic E-state index is 12.9. The van der Waals surface area contributed by atoms with E-state index in [-0.39, 0.29) is 31.1 Å². The van der Waals surface area contributed by atoms with Crippen LogP contribution in [0.25, 0.3) is 0 Å². The average molecular weight is 1140 g/mol. The van der Waals surface area contributed by atoms with Crippen molar-refractivity contribution in [2.75, 3.05) is 13.2 Å². The van der Waals surface area contributed by atoms with Crippen LogP contribution in [0.2, 0.25) is 0 Å². The zero-order valence-electron chi connectivity index (χ0n) is 53.7. The molecular formula is C76H128O6. The third-order valence-corrected chi connectivity index (χ3v) is 14.7. The van der Waals surface area contributed by atoms with Gasteiger partial charge in [-0.15, -0.1) is 0 Å². The molecule has 0 bridgehead atoms. The van der Waals surface area contributed by atoms with Gasteiger partial charge in [-0.3, -0.25) is 14.4 Å². The lowest BCUT2D eigenvalue weighted by Gasteiger charge is -2.18. The number of ether oxygens (including phenoxy) is 3. The van der Waals surface area contributed by atoms with Gasteiger partial charge in [0.05, 0.1) is 0 Å². The van der Waals surface area contributed by atoms with Crippen molar-refractivity contribution in [3.05, 3.63) is 122 Å². The molecule has 0 aromatic rings. The topological polar surface area (TPSA) is 78.9 Å². The summed E-state index contributed by atoms with van der Waals surface area (Å²) < 4.78 is 16.9. The number of allylic oxidation sites excluding steroid dienone is 20. The molecule has 0 saturated carbocycles. The Bertz CT molecular complexity index is 1690. The van der Waals surface area contributed by atoms with E-state index in [2.05, 4.69) is 142 Å². The van der Waals surface area contributed by atoms with Crippen LogP contribution in [-0.2, 0) is 28.6 Å². The molecule has 82 heavy (non-hydrogen) atoms. The van der Waals surface area contributed by atoms with Crippen molar-refractivity contribution in [3.63, 3.8) is 0 Å². The van der Waals surface area contributed by atoms with Crippen molar-refractivity contribution in [1.29, 1.82) is 0 Å². The molecule has 6 nitrogen and oxygen atoms in total. The molecule has 0 aromatic heterocycles. The van der Waals surface area contributed by atoms with Crippen molar-refractivity contribution < 1.29 is 28.6 Å². The second kappa shape index (κ2) is 69.3. The van der Waals surface area contributed by atoms with Gasteiger partial charge in [-0.05, 0) is 128 Å². The van der Waals surface area contributed by atoms with Gasteiger partial charge in [0.15, 0.2) is 6.10 Å². The fourth-order valence-corrected chi connectivity index (χ4v) is 9.49. The summed E-state index contributed by atoms with van der Waals surface area (Å²) >= 11 is 0. The van der Waals surface area contributed by atoms with Crippen LogP contribution >= 0.6 is 0 Å². The highest BCUT2D eigenvalue weighted by molar-refractivity contribution is 5.71. The minimum atomic E-state index is -0.796. The molecule has 1 unspecified atom stereocenters. The Hall–Kier alpha value is -4.19. The summed E-state index contributed by atoms with van der Waals surface area (Å²) in [5, 5.41) is 0. The second-order valence-electron chi connectivity index (χ2n) is 22.7. The summed E-state index contributed by atoms with van der Waals surface area (Å²) in [6.45, 7) is 6.48. The normalized spacial score (nSPS) is 12.9. The standard InChI is InChI=1S/C76H128O6/c1-4-7-10-13-16-19-22-25-28-30-32-34-35-36-37-38-39-40-41-43-44-46-48-51-54-57-60-63-66-69-75(78)81-72-73(71-80-74(77)68-65-62-59-56-53-50-27-24-21-18-15-12-9-6-3)82-76(79)70-67-64-61-58-55-52-49-47-45-42-33-31-29-26-23-20-17-14-11-8-5-2/h7,10,15-16,18-19,23-28,31-34,36-37,45,47,73H,4-6,8-9,11-14,17,20-22,29-30,35,38-44,46,48-72H2,1-3H3/b10-7-,18-15-,19-16-,26-23-,27-24-,28-25-,33-31-,34-32-,37-36-,47-45-. The minimum absolute atomic E-state index is 0.0894. The second-order valence-corrected chi connectivity index (χ2v) is 22.7. The van der Waals surface area contributed by atoms with Crippen molar-refractivity contribution in [3.8, 4) is 0 Å². The van der Waals surface area contributed by atoms with E-state index in [1.165, 1.54) is 141 Å². The number of hydrogen-bond acceptors (Lipinski definition) is 6. The molecule has 468 valence electrons. The highest BCUT2D eigenvalue weighted by Crippen LogP contribution is 2.16. The maximum atomic E-state index is 12.9. The van der Waals surface area contributed by atoms with Crippen molar-refractivity contribution in [2.24, 2.45) is 0 Å². The Kier molecular flexibility index (Phi) is 65.8. The number of carbonyl (C=O) groups excluding carboxylic acids is 3. The summed E-state index contributed by atoms with van der Waals surface area (Å²) in [5.74, 6) is -0.908. The van der Waals surface area contributed by atoms with Crippen LogP contribution in [0.15, 0.2) is 122 Å². The van der Waals surface area contributed by atoms with E-state index in [9.17, 15) is 14.4 Å². The van der Waals surface area contributed by atoms with E-state index in [1.807, 2.05) is 0 Å². The Balaban J connectivity index is 4.33. The highest BCUT2D eigenvalue weighted by Gasteiger charge is 2.19. The monoisotopic (exact) mass is 1140 g/mol. The van der Waals surface area contributed by atoms with Gasteiger partial charge >= 0.3 is 17.9 Å². The van der Waals surface area contributed by atoms with Gasteiger partial charge in [0, 0.05) is 19.3 Å². The van der Waals surface area contributed by atoms with Gasteiger partial charge < -0.3 is 14.2 Å². The fraction of sp³-hybridized carbons (Fsp3) is 0.697. The van der Waals surface area contributed by atoms with E-state index < -0.39 is 6.10 Å². The van der Waals surface area contributed by atoms with Crippen molar-refractivity contribution in [2.45, 2.75) is 329 Å². The first kappa shape index (κ1) is 77.8. The molecule has 0 spiro atoms. The molecule has 0 aliphatic carbocycles. The first-order chi connectivity index (χ1) is 40.5. The summed E-state index contributed by atoms with van der Waals surface area (Å²) in [5.41, 5.74) is 0. The Morgan fingerprint density at radius 3 is 0.780 bits per heavy atom. The molecule has 0 N–H and O–H groups in total. The Morgan fingerprint density at radius 2 is 0.488 bits per heavy atom. The number of esters is 3. The Morgan fingerprint density at radius 1 is 0.256 bits per heavy atom. The van der Waals surface area contributed by atoms with Crippen LogP contribution < -0.4 is 0 Å². The summed E-state index contributed by atoms with van der Waals surface area (Å²) in [4.78, 5) is 38.4. The molecule has 0 saturated heterocycles. The first-order valence-corrected chi connectivity index (χ1v) is 34.5. The van der Waals surface area contributed by atoms with E-state index >= 15 is 0 Å². The number of hydrogen-bond donors (Lipinski definition) is 0. The molecular weight excluding hydrogens is 1010 g/mol. The molecule has 6 heteroatoms. The molecule has 0 rings (SSSR count). The van der Waals surface area contributed by atoms with Crippen molar-refractivity contribution >= 4 is 17.9 Å². The number of unbranched alkanes of at least 4 members (excludes halogenated alkanes) is 31. The molecule has 1 atom stereocenters. The molecule has 0 radical (unpaired) electrons. The molecule has 0 aromatic carbocycles. The lowest BCUT2D eigenvalue weighted by Crippen LogP contribution is -2.30. The SMILES string of the molecule is CC/C=C\C/C=C\C/C=C\C/C=C\C/C=C\CCCCCCCCCCCCCCCC(=O)OCC(COC(=O)CCCCCCC/C=C\C/C=C\CCCC)OC(=O)CCCCCCCC/C=C\C/C=C\C/C=C\CCCCCCC. The van der Waals surface area contributed by atoms with Crippen LogP contribution in [0.5, 0.6) is 0 Å². The van der Waals surface area contributed by atoms with E-state index in [0.29, 0.717) is 19.3 Å². The fourth-order valence-electron chi connectivity index (χ4n) is 9.49. The summed E-state index contributed by atoms with van der Waals surface area (Å²) in [6, 6.07) is 0. The molecule has 0 aliphatic rings. The first-order valence-electron chi connectivity index (χ1n) is 34.5. The van der Waals surface area contributed by atoms with Gasteiger partial charge in [-0.25, -0.2) is 0 Å². The van der Waals surface area contributed by atoms with Crippen LogP contribution in [0.3, 0.4) is 0 Å². The van der Waals surface area contributed by atoms with Crippen LogP contribution in [-0.4, -0.2) is 37.2 Å². The number of carbonyl (C=O) groups is 3. The van der Waals surface area contributed by atoms with Crippen molar-refractivity contribution in [1.82, 2.24) is 0 Å². The molecule has 0 aliphatic heterocycles. The lowest BCUT2D eigenvalue weighted by molar-refractivity contribution is -0.167. The maximum Gasteiger partial charge on any atom is 0.306 e. The van der Waals surface area contributed by atoms with Gasteiger partial charge in [0.25, 0.3) is 0 Å². The quantitative estimate of drug-likeness (QED) is 0.0261. The molecule has 0 fully saturated rings. The van der Waals surface area contributed by atoms with E-state index in [0.717, 1.165) is 141 Å². The van der Waals surface area contributed by atoms with E-state index in [4.69, 9.17) is 14.2 Å². The van der Waals surface area contributed by atoms with Gasteiger partial charge in [-0.1, -0.05) is 296 Å². The predicted molar refractivity (Wildman–Crippen MR) is 357 cm³/mol. The zero-order valence-corrected chi connectivity index (χ0v) is 53.7. The smallest absolute Gasteiger partial charge is 0.306 e. The zero-order chi connectivity index (χ0) is 59.2. The number of rotatable bonds is 62. The van der Waals surface area contributed by atoms with Crippen LogP contribution in [0.1, 0.15) is 323 Å². The van der Waals surface area contributed by atoms with E-state index in [1.54, 1.807) is 0 Å². The third-order valence-electron chi connectivity index (χ3n) is 14.7. The van der Waals surface area contributed by atoms with Crippen LogP contribution in [0.4, 0.5) is 0 Å². The third kappa shape index (κ3) is 66.6. The summed E-state index contributed by atoms with van der Waals surface area (Å²) in [7, 11) is 0. The lowest BCUT2D eigenvalue weighted by atomic mass is 10.0. The minimum Gasteiger partial charge on any atom is -0.462 e. The summed E-state index contributed by atoms with van der Waals surface area (Å²) in [6.07, 6.45) is 96.4. The predicted octanol–water partition coefficient (Wildman–Crippen LogP) is 23.9. The Labute approximate surface area is 507 Å². The van der Waals surface area contributed by atoms with Gasteiger partial charge in [0.2, 0.25) is 0 Å². The largest absolute Gasteiger partial charge is 0.462 e.